The molecular formula is C12H19Cl2N3O2. The Bertz CT molecular complexity index is 391. The second-order valence-corrected chi connectivity index (χ2v) is 4.23. The summed E-state index contributed by atoms with van der Waals surface area (Å²) >= 11 is 5.86. The van der Waals surface area contributed by atoms with E-state index in [9.17, 15) is 4.79 Å². The second kappa shape index (κ2) is 9.83. The van der Waals surface area contributed by atoms with Crippen molar-refractivity contribution in [3.05, 3.63) is 23.4 Å². The molecule has 1 aromatic rings. The lowest BCUT2D eigenvalue weighted by molar-refractivity contribution is -0.122. The van der Waals surface area contributed by atoms with Gasteiger partial charge in [-0.15, -0.1) is 12.4 Å². The molecule has 0 aliphatic carbocycles. The highest BCUT2D eigenvalue weighted by atomic mass is 35.5. The summed E-state index contributed by atoms with van der Waals surface area (Å²) in [5.41, 5.74) is 5.66. The van der Waals surface area contributed by atoms with Crippen LogP contribution in [0.5, 0.6) is 5.88 Å². The zero-order valence-corrected chi connectivity index (χ0v) is 12.3. The molecule has 5 nitrogen and oxygen atoms in total. The third kappa shape index (κ3) is 6.61. The van der Waals surface area contributed by atoms with Gasteiger partial charge in [-0.1, -0.05) is 24.9 Å². The van der Waals surface area contributed by atoms with Crippen LogP contribution >= 0.6 is 24.0 Å². The molecule has 0 aliphatic heterocycles. The average molecular weight is 308 g/mol. The van der Waals surface area contributed by atoms with Gasteiger partial charge >= 0.3 is 0 Å². The Morgan fingerprint density at radius 1 is 1.63 bits per heavy atom. The Kier molecular flexibility index (Phi) is 9.30. The number of pyridine rings is 1. The number of carbonyl (C=O) groups excluding carboxylic acids is 1. The highest BCUT2D eigenvalue weighted by Gasteiger charge is 2.11. The van der Waals surface area contributed by atoms with E-state index in [0.717, 1.165) is 6.42 Å². The maximum absolute atomic E-state index is 11.5. The van der Waals surface area contributed by atoms with Gasteiger partial charge in [0.25, 0.3) is 0 Å². The summed E-state index contributed by atoms with van der Waals surface area (Å²) in [4.78, 5) is 15.4. The first-order chi connectivity index (χ1) is 8.65. The third-order valence-electron chi connectivity index (χ3n) is 2.30. The van der Waals surface area contributed by atoms with Crippen LogP contribution < -0.4 is 15.8 Å². The van der Waals surface area contributed by atoms with Gasteiger partial charge in [0.05, 0.1) is 12.6 Å². The van der Waals surface area contributed by atoms with Crippen molar-refractivity contribution in [2.24, 2.45) is 5.73 Å². The van der Waals surface area contributed by atoms with Crippen molar-refractivity contribution in [1.82, 2.24) is 10.3 Å². The van der Waals surface area contributed by atoms with Crippen LogP contribution in [0.25, 0.3) is 0 Å². The minimum Gasteiger partial charge on any atom is -0.475 e. The number of amides is 1. The molecular weight excluding hydrogens is 289 g/mol. The molecule has 0 radical (unpaired) electrons. The summed E-state index contributed by atoms with van der Waals surface area (Å²) in [5.74, 6) is 0.207. The van der Waals surface area contributed by atoms with E-state index in [1.54, 1.807) is 18.3 Å². The molecule has 1 aromatic heterocycles. The Morgan fingerprint density at radius 3 is 3.00 bits per heavy atom. The summed E-state index contributed by atoms with van der Waals surface area (Å²) in [6.45, 7) is 2.67. The molecule has 0 spiro atoms. The number of hydrogen-bond acceptors (Lipinski definition) is 4. The van der Waals surface area contributed by atoms with Crippen molar-refractivity contribution >= 4 is 29.9 Å². The van der Waals surface area contributed by atoms with Gasteiger partial charge in [-0.3, -0.25) is 4.79 Å². The first kappa shape index (κ1) is 18.0. The van der Waals surface area contributed by atoms with E-state index in [2.05, 4.69) is 10.3 Å². The normalized spacial score (nSPS) is 11.3. The number of hydrogen-bond donors (Lipinski definition) is 2. The average Bonchev–Trinajstić information content (AvgIpc) is 2.36. The molecule has 3 N–H and O–H groups in total. The van der Waals surface area contributed by atoms with Gasteiger partial charge in [0.2, 0.25) is 11.8 Å². The standard InChI is InChI=1S/C12H18ClN3O2.ClH/c1-2-4-10(14)11(17)15-7-8-18-12-9(13)5-3-6-16-12;/h3,5-6,10H,2,4,7-8,14H2,1H3,(H,15,17);1H. The van der Waals surface area contributed by atoms with Crippen molar-refractivity contribution in [3.63, 3.8) is 0 Å². The predicted octanol–water partition coefficient (Wildman–Crippen LogP) is 1.78. The van der Waals surface area contributed by atoms with E-state index in [1.165, 1.54) is 0 Å². The summed E-state index contributed by atoms with van der Waals surface area (Å²) in [5, 5.41) is 3.15. The van der Waals surface area contributed by atoms with Crippen LogP contribution in [0.4, 0.5) is 0 Å². The Labute approximate surface area is 124 Å². The molecule has 7 heteroatoms. The van der Waals surface area contributed by atoms with Crippen molar-refractivity contribution in [3.8, 4) is 5.88 Å². The van der Waals surface area contributed by atoms with Gasteiger partial charge in [-0.05, 0) is 18.6 Å². The van der Waals surface area contributed by atoms with Gasteiger partial charge < -0.3 is 15.8 Å². The summed E-state index contributed by atoms with van der Waals surface area (Å²) < 4.78 is 5.33. The highest BCUT2D eigenvalue weighted by Crippen LogP contribution is 2.19. The topological polar surface area (TPSA) is 77.2 Å². The molecule has 1 unspecified atom stereocenters. The number of ether oxygens (including phenoxy) is 1. The molecule has 0 saturated carbocycles. The number of carbonyl (C=O) groups is 1. The van der Waals surface area contributed by atoms with E-state index in [1.807, 2.05) is 6.92 Å². The fourth-order valence-corrected chi connectivity index (χ4v) is 1.55. The van der Waals surface area contributed by atoms with Crippen LogP contribution in [-0.2, 0) is 4.79 Å². The fourth-order valence-electron chi connectivity index (χ4n) is 1.37. The minimum atomic E-state index is -0.451. The molecule has 0 saturated heterocycles. The van der Waals surface area contributed by atoms with Crippen molar-refractivity contribution in [2.75, 3.05) is 13.2 Å². The second-order valence-electron chi connectivity index (χ2n) is 3.83. The van der Waals surface area contributed by atoms with E-state index < -0.39 is 6.04 Å². The molecule has 0 aliphatic rings. The summed E-state index contributed by atoms with van der Waals surface area (Å²) in [6.07, 6.45) is 3.16. The lowest BCUT2D eigenvalue weighted by Crippen LogP contribution is -2.41. The molecule has 1 rings (SSSR count). The van der Waals surface area contributed by atoms with E-state index in [0.29, 0.717) is 30.5 Å². The zero-order chi connectivity index (χ0) is 13.4. The number of nitrogens with zero attached hydrogens (tertiary/aromatic N) is 1. The molecule has 0 bridgehead atoms. The van der Waals surface area contributed by atoms with Crippen LogP contribution in [0.2, 0.25) is 5.02 Å². The Morgan fingerprint density at radius 2 is 2.37 bits per heavy atom. The first-order valence-corrected chi connectivity index (χ1v) is 6.29. The molecule has 1 heterocycles. The summed E-state index contributed by atoms with van der Waals surface area (Å²) in [6, 6.07) is 2.97. The number of nitrogens with one attached hydrogen (secondary N) is 1. The van der Waals surface area contributed by atoms with Gasteiger partial charge in [0, 0.05) is 6.20 Å². The molecule has 0 aromatic carbocycles. The number of nitrogens with two attached hydrogens (primary N) is 1. The molecule has 108 valence electrons. The summed E-state index contributed by atoms with van der Waals surface area (Å²) in [7, 11) is 0. The van der Waals surface area contributed by atoms with Gasteiger partial charge in [-0.25, -0.2) is 4.98 Å². The number of rotatable bonds is 7. The maximum atomic E-state index is 11.5. The van der Waals surface area contributed by atoms with Crippen molar-refractivity contribution in [1.29, 1.82) is 0 Å². The zero-order valence-electron chi connectivity index (χ0n) is 10.8. The smallest absolute Gasteiger partial charge is 0.237 e. The number of halogens is 2. The van der Waals surface area contributed by atoms with Crippen molar-refractivity contribution < 1.29 is 9.53 Å². The maximum Gasteiger partial charge on any atom is 0.237 e. The highest BCUT2D eigenvalue weighted by molar-refractivity contribution is 6.31. The first-order valence-electron chi connectivity index (χ1n) is 5.91. The van der Waals surface area contributed by atoms with Crippen LogP contribution in [0.15, 0.2) is 18.3 Å². The van der Waals surface area contributed by atoms with E-state index >= 15 is 0 Å². The molecule has 19 heavy (non-hydrogen) atoms. The largest absolute Gasteiger partial charge is 0.475 e. The van der Waals surface area contributed by atoms with Gasteiger partial charge in [0.15, 0.2) is 0 Å². The lowest BCUT2D eigenvalue weighted by Gasteiger charge is -2.11. The lowest BCUT2D eigenvalue weighted by atomic mass is 10.2. The Balaban J connectivity index is 0.00000324. The van der Waals surface area contributed by atoms with Gasteiger partial charge in [0.1, 0.15) is 11.6 Å². The third-order valence-corrected chi connectivity index (χ3v) is 2.59. The van der Waals surface area contributed by atoms with Crippen LogP contribution in [-0.4, -0.2) is 30.1 Å². The number of aromatic nitrogens is 1. The minimum absolute atomic E-state index is 0. The molecule has 1 atom stereocenters. The molecule has 1 amide bonds. The van der Waals surface area contributed by atoms with E-state index in [4.69, 9.17) is 22.1 Å². The quantitative estimate of drug-likeness (QED) is 0.753. The monoisotopic (exact) mass is 307 g/mol. The van der Waals surface area contributed by atoms with Crippen LogP contribution in [0.1, 0.15) is 19.8 Å². The fraction of sp³-hybridized carbons (Fsp3) is 0.500. The Hall–Kier alpha value is -1.04. The SMILES string of the molecule is CCCC(N)C(=O)NCCOc1ncccc1Cl.Cl. The van der Waals surface area contributed by atoms with Gasteiger partial charge in [-0.2, -0.15) is 0 Å². The van der Waals surface area contributed by atoms with Crippen LogP contribution in [0.3, 0.4) is 0 Å². The van der Waals surface area contributed by atoms with Crippen molar-refractivity contribution in [2.45, 2.75) is 25.8 Å². The van der Waals surface area contributed by atoms with Crippen LogP contribution in [0, 0.1) is 0 Å². The molecule has 0 fully saturated rings. The predicted molar refractivity (Wildman–Crippen MR) is 77.9 cm³/mol. The van der Waals surface area contributed by atoms with E-state index in [-0.39, 0.29) is 18.3 Å².